The van der Waals surface area contributed by atoms with E-state index in [1.54, 1.807) is 0 Å². The predicted molar refractivity (Wildman–Crippen MR) is 81.7 cm³/mol. The number of piperidine rings is 1. The summed E-state index contributed by atoms with van der Waals surface area (Å²) in [5, 5.41) is 0.0347. The highest BCUT2D eigenvalue weighted by molar-refractivity contribution is 7.89. The number of hydrogen-bond acceptors (Lipinski definition) is 5. The van der Waals surface area contributed by atoms with Crippen LogP contribution in [0, 0.1) is 0 Å². The molecule has 0 atom stereocenters. The summed E-state index contributed by atoms with van der Waals surface area (Å²) in [4.78, 5) is 9.83. The van der Waals surface area contributed by atoms with Crippen molar-refractivity contribution in [1.82, 2.24) is 19.6 Å². The number of nitrogens with zero attached hydrogens (tertiary/aromatic N) is 3. The van der Waals surface area contributed by atoms with Crippen molar-refractivity contribution in [1.29, 1.82) is 0 Å². The Balaban J connectivity index is 1.98. The van der Waals surface area contributed by atoms with E-state index >= 15 is 0 Å². The molecule has 0 saturated carbocycles. The molecule has 1 aromatic rings. The van der Waals surface area contributed by atoms with Crippen molar-refractivity contribution in [3.05, 3.63) is 17.7 Å². The van der Waals surface area contributed by atoms with Gasteiger partial charge < -0.3 is 0 Å². The van der Waals surface area contributed by atoms with Crippen molar-refractivity contribution in [3.8, 4) is 0 Å². The number of likely N-dealkylation sites (tertiary alicyclic amines) is 1. The summed E-state index contributed by atoms with van der Waals surface area (Å²) in [6, 6.07) is -0.0516. The highest BCUT2D eigenvalue weighted by atomic mass is 35.5. The van der Waals surface area contributed by atoms with Gasteiger partial charge in [-0.3, -0.25) is 4.90 Å². The van der Waals surface area contributed by atoms with E-state index in [2.05, 4.69) is 40.4 Å². The molecule has 2 rings (SSSR count). The van der Waals surface area contributed by atoms with Gasteiger partial charge in [-0.05, 0) is 45.2 Å². The van der Waals surface area contributed by atoms with Crippen LogP contribution < -0.4 is 4.72 Å². The quantitative estimate of drug-likeness (QED) is 0.852. The molecule has 21 heavy (non-hydrogen) atoms. The molecule has 0 unspecified atom stereocenters. The third-order valence-corrected chi connectivity index (χ3v) is 5.34. The predicted octanol–water partition coefficient (Wildman–Crippen LogP) is 1.67. The maximum Gasteiger partial charge on any atom is 0.243 e. The van der Waals surface area contributed by atoms with Gasteiger partial charge in [0.2, 0.25) is 15.3 Å². The largest absolute Gasteiger partial charge is 0.298 e. The first-order chi connectivity index (χ1) is 9.68. The number of nitrogens with one attached hydrogen (secondary N) is 1. The molecule has 1 saturated heterocycles. The molecule has 1 N–H and O–H groups in total. The van der Waals surface area contributed by atoms with Gasteiger partial charge in [0.05, 0.1) is 12.4 Å². The Morgan fingerprint density at radius 1 is 1.24 bits per heavy atom. The molecule has 0 spiro atoms. The molecule has 0 aliphatic carbocycles. The Hall–Kier alpha value is -0.760. The van der Waals surface area contributed by atoms with E-state index in [1.165, 1.54) is 12.4 Å². The Morgan fingerprint density at radius 3 is 2.24 bits per heavy atom. The van der Waals surface area contributed by atoms with Crippen LogP contribution in [0.25, 0.3) is 0 Å². The number of hydrogen-bond donors (Lipinski definition) is 1. The topological polar surface area (TPSA) is 75.2 Å². The Morgan fingerprint density at radius 2 is 1.76 bits per heavy atom. The molecule has 1 aliphatic heterocycles. The minimum absolute atomic E-state index is 0.0347. The molecule has 0 amide bonds. The fraction of sp³-hybridized carbons (Fsp3) is 0.692. The summed E-state index contributed by atoms with van der Waals surface area (Å²) >= 11 is 5.57. The molecule has 6 nitrogen and oxygen atoms in total. The standard InChI is InChI=1S/C13H21ClN4O2S/c1-13(2,3)18-6-4-10(5-7-18)17-21(19,20)11-8-15-12(14)16-9-11/h8-10,17H,4-7H2,1-3H3. The first kappa shape index (κ1) is 16.6. The van der Waals surface area contributed by atoms with E-state index in [-0.39, 0.29) is 21.8 Å². The number of halogens is 1. The Labute approximate surface area is 131 Å². The van der Waals surface area contributed by atoms with Gasteiger partial charge in [-0.15, -0.1) is 0 Å². The number of aromatic nitrogens is 2. The SMILES string of the molecule is CC(C)(C)N1CCC(NS(=O)(=O)c2cnc(Cl)nc2)CC1. The number of sulfonamides is 1. The molecule has 1 aromatic heterocycles. The van der Waals surface area contributed by atoms with Crippen LogP contribution in [0.15, 0.2) is 17.3 Å². The van der Waals surface area contributed by atoms with E-state index in [9.17, 15) is 8.42 Å². The van der Waals surface area contributed by atoms with Crippen molar-refractivity contribution in [2.75, 3.05) is 13.1 Å². The zero-order valence-corrected chi connectivity index (χ0v) is 14.1. The van der Waals surface area contributed by atoms with Gasteiger partial charge in [-0.2, -0.15) is 0 Å². The minimum atomic E-state index is -3.58. The van der Waals surface area contributed by atoms with E-state index in [0.717, 1.165) is 25.9 Å². The lowest BCUT2D eigenvalue weighted by molar-refractivity contribution is 0.100. The van der Waals surface area contributed by atoms with Crippen molar-refractivity contribution >= 4 is 21.6 Å². The molecule has 0 bridgehead atoms. The monoisotopic (exact) mass is 332 g/mol. The Bertz CT molecular complexity index is 575. The average molecular weight is 333 g/mol. The summed E-state index contributed by atoms with van der Waals surface area (Å²) < 4.78 is 27.2. The van der Waals surface area contributed by atoms with Crippen LogP contribution in [0.2, 0.25) is 5.28 Å². The zero-order chi connectivity index (χ0) is 15.7. The van der Waals surface area contributed by atoms with Gasteiger partial charge in [0, 0.05) is 24.7 Å². The van der Waals surface area contributed by atoms with Gasteiger partial charge in [0.25, 0.3) is 0 Å². The lowest BCUT2D eigenvalue weighted by Crippen LogP contribution is -2.50. The highest BCUT2D eigenvalue weighted by Gasteiger charge is 2.29. The van der Waals surface area contributed by atoms with E-state index in [4.69, 9.17) is 11.6 Å². The lowest BCUT2D eigenvalue weighted by Gasteiger charge is -2.40. The molecule has 0 radical (unpaired) electrons. The molecule has 1 aliphatic rings. The van der Waals surface area contributed by atoms with Gasteiger partial charge in [0.1, 0.15) is 4.90 Å². The number of rotatable bonds is 3. The van der Waals surface area contributed by atoms with Crippen LogP contribution in [0.4, 0.5) is 0 Å². The first-order valence-electron chi connectivity index (χ1n) is 6.93. The van der Waals surface area contributed by atoms with E-state index < -0.39 is 10.0 Å². The first-order valence-corrected chi connectivity index (χ1v) is 8.79. The van der Waals surface area contributed by atoms with Gasteiger partial charge in [-0.1, -0.05) is 0 Å². The summed E-state index contributed by atoms with van der Waals surface area (Å²) in [5.74, 6) is 0. The summed E-state index contributed by atoms with van der Waals surface area (Å²) in [6.45, 7) is 8.27. The summed E-state index contributed by atoms with van der Waals surface area (Å²) in [6.07, 6.45) is 4.04. The van der Waals surface area contributed by atoms with Crippen LogP contribution in [0.1, 0.15) is 33.6 Å². The second-order valence-corrected chi connectivity index (χ2v) is 8.29. The normalized spacial score (nSPS) is 18.9. The third-order valence-electron chi connectivity index (χ3n) is 3.67. The van der Waals surface area contributed by atoms with Crippen molar-refractivity contribution < 1.29 is 8.42 Å². The van der Waals surface area contributed by atoms with Crippen LogP contribution in [-0.2, 0) is 10.0 Å². The van der Waals surface area contributed by atoms with E-state index in [1.807, 2.05) is 0 Å². The zero-order valence-electron chi connectivity index (χ0n) is 12.5. The van der Waals surface area contributed by atoms with Gasteiger partial charge >= 0.3 is 0 Å². The van der Waals surface area contributed by atoms with Gasteiger partial charge in [-0.25, -0.2) is 23.1 Å². The van der Waals surface area contributed by atoms with Crippen molar-refractivity contribution in [2.45, 2.75) is 50.1 Å². The summed E-state index contributed by atoms with van der Waals surface area (Å²) in [7, 11) is -3.58. The third kappa shape index (κ3) is 4.35. The summed E-state index contributed by atoms with van der Waals surface area (Å²) in [5.41, 5.74) is 0.119. The van der Waals surface area contributed by atoms with Crippen molar-refractivity contribution in [3.63, 3.8) is 0 Å². The van der Waals surface area contributed by atoms with Crippen LogP contribution in [0.5, 0.6) is 0 Å². The van der Waals surface area contributed by atoms with E-state index in [0.29, 0.717) is 0 Å². The molecule has 118 valence electrons. The molecule has 2 heterocycles. The molecule has 8 heteroatoms. The fourth-order valence-corrected chi connectivity index (χ4v) is 3.69. The van der Waals surface area contributed by atoms with Crippen LogP contribution in [0.3, 0.4) is 0 Å². The second-order valence-electron chi connectivity index (χ2n) is 6.24. The maximum absolute atomic E-state index is 12.2. The van der Waals surface area contributed by atoms with Gasteiger partial charge in [0.15, 0.2) is 0 Å². The van der Waals surface area contributed by atoms with Crippen LogP contribution in [-0.4, -0.2) is 48.0 Å². The van der Waals surface area contributed by atoms with Crippen LogP contribution >= 0.6 is 11.6 Å². The highest BCUT2D eigenvalue weighted by Crippen LogP contribution is 2.21. The lowest BCUT2D eigenvalue weighted by atomic mass is 9.99. The fourth-order valence-electron chi connectivity index (χ4n) is 2.39. The van der Waals surface area contributed by atoms with Crippen molar-refractivity contribution in [2.24, 2.45) is 0 Å². The average Bonchev–Trinajstić information content (AvgIpc) is 2.38. The maximum atomic E-state index is 12.2. The molecule has 1 fully saturated rings. The molecular formula is C13H21ClN4O2S. The Kier molecular flexibility index (Phi) is 4.87. The molecule has 0 aromatic carbocycles. The second kappa shape index (κ2) is 6.16. The smallest absolute Gasteiger partial charge is 0.243 e. The minimum Gasteiger partial charge on any atom is -0.298 e. The molecular weight excluding hydrogens is 312 g/mol.